The van der Waals surface area contributed by atoms with Gasteiger partial charge in [-0.15, -0.1) is 0 Å². The Morgan fingerprint density at radius 3 is 1.87 bits per heavy atom. The zero-order valence-electron chi connectivity index (χ0n) is 24.8. The van der Waals surface area contributed by atoms with Crippen LogP contribution in [0.2, 0.25) is 0 Å². The first-order valence-corrected chi connectivity index (χ1v) is 15.2. The number of nitriles is 2. The molecule has 0 saturated carbocycles. The van der Waals surface area contributed by atoms with Gasteiger partial charge in [-0.05, 0) is 77.4 Å². The molecule has 0 unspecified atom stereocenters. The fourth-order valence-electron chi connectivity index (χ4n) is 7.72. The van der Waals surface area contributed by atoms with E-state index in [2.05, 4.69) is 138 Å². The predicted molar refractivity (Wildman–Crippen MR) is 182 cm³/mol. The molecule has 0 spiro atoms. The average molecular weight is 575 g/mol. The Labute approximate surface area is 260 Å². The summed E-state index contributed by atoms with van der Waals surface area (Å²) < 4.78 is 4.70. The lowest BCUT2D eigenvalue weighted by Crippen LogP contribution is -2.14. The van der Waals surface area contributed by atoms with Crippen molar-refractivity contribution in [1.82, 2.24) is 9.13 Å². The first-order valence-electron chi connectivity index (χ1n) is 15.2. The third-order valence-electron chi connectivity index (χ3n) is 9.75. The van der Waals surface area contributed by atoms with Crippen molar-refractivity contribution < 1.29 is 0 Å². The predicted octanol–water partition coefficient (Wildman–Crippen LogP) is 9.93. The smallest absolute Gasteiger partial charge is 0.0991 e. The van der Waals surface area contributed by atoms with Gasteiger partial charge in [-0.25, -0.2) is 0 Å². The van der Waals surface area contributed by atoms with Crippen molar-refractivity contribution >= 4 is 43.6 Å². The molecular formula is C41H26N4. The summed E-state index contributed by atoms with van der Waals surface area (Å²) in [5.41, 5.74) is 12.6. The minimum Gasteiger partial charge on any atom is -0.309 e. The Balaban J connectivity index is 1.38. The van der Waals surface area contributed by atoms with E-state index in [0.717, 1.165) is 49.8 Å². The van der Waals surface area contributed by atoms with Gasteiger partial charge in [0, 0.05) is 43.9 Å². The fraction of sp³-hybridized carbons (Fsp3) is 0.0732. The quantitative estimate of drug-likeness (QED) is 0.206. The maximum atomic E-state index is 9.83. The van der Waals surface area contributed by atoms with Gasteiger partial charge in [0.15, 0.2) is 0 Å². The second-order valence-corrected chi connectivity index (χ2v) is 12.5. The first-order chi connectivity index (χ1) is 22.0. The summed E-state index contributed by atoms with van der Waals surface area (Å²) in [6.07, 6.45) is 0. The van der Waals surface area contributed by atoms with Crippen molar-refractivity contribution in [2.24, 2.45) is 0 Å². The second kappa shape index (κ2) is 8.96. The molecule has 0 amide bonds. The highest BCUT2D eigenvalue weighted by Gasteiger charge is 2.38. The Kier molecular flexibility index (Phi) is 5.06. The summed E-state index contributed by atoms with van der Waals surface area (Å²) >= 11 is 0. The maximum absolute atomic E-state index is 9.83. The molecule has 0 aliphatic heterocycles. The Hall–Kier alpha value is -6.10. The number of hydrogen-bond acceptors (Lipinski definition) is 2. The fourth-order valence-corrected chi connectivity index (χ4v) is 7.72. The highest BCUT2D eigenvalue weighted by Crippen LogP contribution is 2.53. The van der Waals surface area contributed by atoms with E-state index in [1.165, 1.54) is 27.5 Å². The molecule has 1 aliphatic rings. The average Bonchev–Trinajstić information content (AvgIpc) is 3.67. The van der Waals surface area contributed by atoms with Crippen LogP contribution in [0.4, 0.5) is 0 Å². The largest absolute Gasteiger partial charge is 0.309 e. The summed E-state index contributed by atoms with van der Waals surface area (Å²) in [7, 11) is 0. The number of para-hydroxylation sites is 2. The number of rotatable bonds is 2. The van der Waals surface area contributed by atoms with E-state index >= 15 is 0 Å². The summed E-state index contributed by atoms with van der Waals surface area (Å²) in [6, 6.07) is 47.0. The van der Waals surface area contributed by atoms with Crippen LogP contribution in [0.5, 0.6) is 0 Å². The third kappa shape index (κ3) is 3.34. The van der Waals surface area contributed by atoms with Crippen LogP contribution in [0.25, 0.3) is 66.1 Å². The van der Waals surface area contributed by atoms with E-state index in [9.17, 15) is 10.5 Å². The summed E-state index contributed by atoms with van der Waals surface area (Å²) in [4.78, 5) is 0. The number of hydrogen-bond donors (Lipinski definition) is 0. The SMILES string of the molecule is CC1(C)c2ccc(C#N)cc2-c2c1ccc1c3ccccc3n(-c3cccc(-n4c5ccccc5c5cc(C#N)ccc54)c3)c21. The van der Waals surface area contributed by atoms with Gasteiger partial charge in [-0.1, -0.05) is 74.5 Å². The molecule has 0 saturated heterocycles. The highest BCUT2D eigenvalue weighted by molar-refractivity contribution is 6.16. The van der Waals surface area contributed by atoms with Crippen molar-refractivity contribution in [3.8, 4) is 34.6 Å². The Morgan fingerprint density at radius 2 is 1.11 bits per heavy atom. The maximum Gasteiger partial charge on any atom is 0.0991 e. The number of benzene rings is 6. The topological polar surface area (TPSA) is 57.4 Å². The van der Waals surface area contributed by atoms with Gasteiger partial charge >= 0.3 is 0 Å². The lowest BCUT2D eigenvalue weighted by molar-refractivity contribution is 0.660. The van der Waals surface area contributed by atoms with Crippen molar-refractivity contribution in [3.63, 3.8) is 0 Å². The van der Waals surface area contributed by atoms with E-state index in [4.69, 9.17) is 0 Å². The standard InChI is InChI=1S/C41H26N4/c1-41(2)34-17-14-25(23-42)21-33(34)39-35(41)18-16-31-29-10-3-6-13-37(29)45(40(31)39)28-9-7-8-27(22-28)44-36-12-5-4-11-30(36)32-20-26(24-43)15-19-38(32)44/h3-22H,1-2H3. The number of aromatic nitrogens is 2. The summed E-state index contributed by atoms with van der Waals surface area (Å²) in [5.74, 6) is 0. The molecule has 210 valence electrons. The molecule has 0 fully saturated rings. The van der Waals surface area contributed by atoms with Crippen LogP contribution in [-0.4, -0.2) is 9.13 Å². The third-order valence-corrected chi connectivity index (χ3v) is 9.75. The van der Waals surface area contributed by atoms with E-state index in [-0.39, 0.29) is 5.41 Å². The van der Waals surface area contributed by atoms with E-state index in [1.54, 1.807) is 0 Å². The van der Waals surface area contributed by atoms with Crippen molar-refractivity contribution in [1.29, 1.82) is 10.5 Å². The monoisotopic (exact) mass is 574 g/mol. The van der Waals surface area contributed by atoms with Crippen molar-refractivity contribution in [2.75, 3.05) is 0 Å². The Morgan fingerprint density at radius 1 is 0.511 bits per heavy atom. The van der Waals surface area contributed by atoms with E-state index in [1.807, 2.05) is 18.2 Å². The molecule has 0 atom stereocenters. The van der Waals surface area contributed by atoms with Gasteiger partial charge in [0.05, 0.1) is 45.3 Å². The van der Waals surface area contributed by atoms with Gasteiger partial charge in [0.25, 0.3) is 0 Å². The highest BCUT2D eigenvalue weighted by atomic mass is 15.0. The number of nitrogens with zero attached hydrogens (tertiary/aromatic N) is 4. The van der Waals surface area contributed by atoms with Crippen LogP contribution in [0.15, 0.2) is 121 Å². The van der Waals surface area contributed by atoms with Crippen LogP contribution < -0.4 is 0 Å². The van der Waals surface area contributed by atoms with Crippen LogP contribution >= 0.6 is 0 Å². The van der Waals surface area contributed by atoms with Crippen LogP contribution in [-0.2, 0) is 5.41 Å². The minimum absolute atomic E-state index is 0.193. The molecule has 2 aromatic heterocycles. The first kappa shape index (κ1) is 25.4. The Bertz CT molecular complexity index is 2650. The van der Waals surface area contributed by atoms with Crippen LogP contribution in [0.1, 0.15) is 36.1 Å². The van der Waals surface area contributed by atoms with Gasteiger partial charge in [-0.2, -0.15) is 10.5 Å². The van der Waals surface area contributed by atoms with E-state index < -0.39 is 0 Å². The molecule has 8 aromatic rings. The van der Waals surface area contributed by atoms with Gasteiger partial charge in [-0.3, -0.25) is 0 Å². The zero-order chi connectivity index (χ0) is 30.4. The molecule has 0 N–H and O–H groups in total. The summed E-state index contributed by atoms with van der Waals surface area (Å²) in [6.45, 7) is 4.56. The van der Waals surface area contributed by atoms with Crippen LogP contribution in [0, 0.1) is 22.7 Å². The molecule has 2 heterocycles. The molecule has 45 heavy (non-hydrogen) atoms. The molecule has 1 aliphatic carbocycles. The van der Waals surface area contributed by atoms with Gasteiger partial charge < -0.3 is 9.13 Å². The molecule has 0 bridgehead atoms. The second-order valence-electron chi connectivity index (χ2n) is 12.5. The molecular weight excluding hydrogens is 548 g/mol. The molecule has 4 nitrogen and oxygen atoms in total. The molecule has 0 radical (unpaired) electrons. The molecule has 4 heteroatoms. The van der Waals surface area contributed by atoms with Crippen molar-refractivity contribution in [3.05, 3.63) is 144 Å². The van der Waals surface area contributed by atoms with Crippen molar-refractivity contribution in [2.45, 2.75) is 19.3 Å². The van der Waals surface area contributed by atoms with Crippen LogP contribution in [0.3, 0.4) is 0 Å². The zero-order valence-corrected chi connectivity index (χ0v) is 24.8. The summed E-state index contributed by atoms with van der Waals surface area (Å²) in [5, 5.41) is 24.0. The number of fused-ring (bicyclic) bond motifs is 10. The lowest BCUT2D eigenvalue weighted by Gasteiger charge is -2.21. The van der Waals surface area contributed by atoms with Gasteiger partial charge in [0.2, 0.25) is 0 Å². The normalized spacial score (nSPS) is 13.2. The van der Waals surface area contributed by atoms with Gasteiger partial charge in [0.1, 0.15) is 0 Å². The lowest BCUT2D eigenvalue weighted by atomic mass is 9.82. The minimum atomic E-state index is -0.193. The van der Waals surface area contributed by atoms with E-state index in [0.29, 0.717) is 11.1 Å². The molecule has 9 rings (SSSR count). The molecule has 6 aromatic carbocycles.